The van der Waals surface area contributed by atoms with Crippen molar-refractivity contribution < 1.29 is 19.1 Å². The number of nitrogens with zero attached hydrogens (tertiary/aromatic N) is 2. The van der Waals surface area contributed by atoms with Gasteiger partial charge in [0.05, 0.1) is 12.6 Å². The number of ether oxygens (including phenoxy) is 2. The normalized spacial score (nSPS) is 23.8. The molecule has 2 saturated heterocycles. The van der Waals surface area contributed by atoms with Crippen LogP contribution in [0.3, 0.4) is 0 Å². The fraction of sp³-hybridized carbons (Fsp3) is 0.417. The van der Waals surface area contributed by atoms with Crippen LogP contribution in [0.4, 0.5) is 0 Å². The first-order valence-corrected chi connectivity index (χ1v) is 10.4. The number of morpholine rings is 1. The minimum atomic E-state index is -0.524. The summed E-state index contributed by atoms with van der Waals surface area (Å²) in [7, 11) is 3.49. The molecule has 0 spiro atoms. The van der Waals surface area contributed by atoms with E-state index in [-0.39, 0.29) is 24.5 Å². The summed E-state index contributed by atoms with van der Waals surface area (Å²) < 4.78 is 11.2. The number of carbonyl (C=O) groups is 2. The summed E-state index contributed by atoms with van der Waals surface area (Å²) in [6.45, 7) is 1.16. The van der Waals surface area contributed by atoms with Gasteiger partial charge in [-0.15, -0.1) is 0 Å². The van der Waals surface area contributed by atoms with Crippen LogP contribution in [-0.4, -0.2) is 61.6 Å². The van der Waals surface area contributed by atoms with E-state index in [9.17, 15) is 9.59 Å². The summed E-state index contributed by atoms with van der Waals surface area (Å²) in [5.41, 5.74) is 1.65. The number of aryl methyl sites for hydroxylation is 1. The molecular weight excluding hydrogens is 380 g/mol. The molecule has 0 aliphatic carbocycles. The highest BCUT2D eigenvalue weighted by atomic mass is 16.5. The van der Waals surface area contributed by atoms with Crippen LogP contribution in [0.1, 0.15) is 24.0 Å². The van der Waals surface area contributed by atoms with Gasteiger partial charge in [0, 0.05) is 26.6 Å². The zero-order chi connectivity index (χ0) is 21.1. The van der Waals surface area contributed by atoms with Crippen LogP contribution in [0.5, 0.6) is 5.75 Å². The molecule has 2 aliphatic heterocycles. The number of methoxy groups -OCH3 is 1. The number of likely N-dealkylation sites (tertiary alicyclic amines) is 1. The van der Waals surface area contributed by atoms with E-state index in [1.54, 1.807) is 7.11 Å². The maximum absolute atomic E-state index is 12.9. The van der Waals surface area contributed by atoms with Crippen LogP contribution < -0.4 is 4.74 Å². The van der Waals surface area contributed by atoms with E-state index in [0.717, 1.165) is 16.9 Å². The molecule has 2 aromatic carbocycles. The Bertz CT molecular complexity index is 899. The first-order valence-electron chi connectivity index (χ1n) is 10.4. The molecule has 0 unspecified atom stereocenters. The third-order valence-corrected chi connectivity index (χ3v) is 6.48. The topological polar surface area (TPSA) is 59.1 Å². The molecule has 2 fully saturated rings. The van der Waals surface area contributed by atoms with E-state index in [4.69, 9.17) is 9.47 Å². The molecule has 6 nitrogen and oxygen atoms in total. The molecule has 4 rings (SSSR count). The molecule has 2 heterocycles. The first-order chi connectivity index (χ1) is 14.5. The smallest absolute Gasteiger partial charge is 0.249 e. The Hall–Kier alpha value is -2.86. The second-order valence-electron chi connectivity index (χ2n) is 7.98. The number of fused-ring (bicyclic) bond motifs is 1. The summed E-state index contributed by atoms with van der Waals surface area (Å²) in [5, 5.41) is 0. The summed E-state index contributed by atoms with van der Waals surface area (Å²) in [4.78, 5) is 29.1. The number of rotatable bonds is 5. The fourth-order valence-corrected chi connectivity index (χ4v) is 4.65. The van der Waals surface area contributed by atoms with Crippen molar-refractivity contribution in [3.05, 3.63) is 65.7 Å². The molecule has 0 radical (unpaired) electrons. The number of amides is 2. The van der Waals surface area contributed by atoms with Crippen molar-refractivity contribution in [1.29, 1.82) is 0 Å². The minimum absolute atomic E-state index is 0.0191. The highest BCUT2D eigenvalue weighted by Gasteiger charge is 2.53. The van der Waals surface area contributed by atoms with Crippen molar-refractivity contribution in [2.45, 2.75) is 30.9 Å². The Morgan fingerprint density at radius 1 is 1.17 bits per heavy atom. The van der Waals surface area contributed by atoms with E-state index in [1.807, 2.05) is 71.4 Å². The van der Waals surface area contributed by atoms with Crippen molar-refractivity contribution in [3.63, 3.8) is 0 Å². The Labute approximate surface area is 177 Å². The van der Waals surface area contributed by atoms with Gasteiger partial charge < -0.3 is 19.3 Å². The monoisotopic (exact) mass is 408 g/mol. The largest absolute Gasteiger partial charge is 0.497 e. The van der Waals surface area contributed by atoms with Gasteiger partial charge in [-0.25, -0.2) is 0 Å². The molecule has 0 saturated carbocycles. The van der Waals surface area contributed by atoms with Gasteiger partial charge in [0.1, 0.15) is 18.5 Å². The number of benzene rings is 2. The number of hydrogen-bond acceptors (Lipinski definition) is 4. The molecule has 2 aromatic rings. The molecule has 2 amide bonds. The fourth-order valence-electron chi connectivity index (χ4n) is 4.65. The van der Waals surface area contributed by atoms with E-state index in [0.29, 0.717) is 32.4 Å². The third-order valence-electron chi connectivity index (χ3n) is 6.48. The maximum atomic E-state index is 12.9. The summed E-state index contributed by atoms with van der Waals surface area (Å²) in [5.74, 6) is 0.913. The first kappa shape index (κ1) is 20.4. The molecule has 2 aliphatic rings. The molecule has 0 N–H and O–H groups in total. The van der Waals surface area contributed by atoms with Crippen molar-refractivity contribution in [1.82, 2.24) is 9.80 Å². The van der Waals surface area contributed by atoms with Crippen LogP contribution in [0.25, 0.3) is 0 Å². The average Bonchev–Trinajstić information content (AvgIpc) is 2.80. The molecule has 2 atom stereocenters. The minimum Gasteiger partial charge on any atom is -0.497 e. The maximum Gasteiger partial charge on any atom is 0.249 e. The van der Waals surface area contributed by atoms with Crippen LogP contribution in [0.15, 0.2) is 54.6 Å². The van der Waals surface area contributed by atoms with E-state index >= 15 is 0 Å². The second-order valence-corrected chi connectivity index (χ2v) is 7.98. The Balaban J connectivity index is 1.46. The van der Waals surface area contributed by atoms with Gasteiger partial charge in [0.15, 0.2) is 0 Å². The van der Waals surface area contributed by atoms with Crippen molar-refractivity contribution >= 4 is 11.8 Å². The lowest BCUT2D eigenvalue weighted by molar-refractivity contribution is -0.184. The van der Waals surface area contributed by atoms with Gasteiger partial charge in [-0.3, -0.25) is 9.59 Å². The molecule has 0 bridgehead atoms. The number of piperidine rings is 1. The summed E-state index contributed by atoms with van der Waals surface area (Å²) >= 11 is 0. The average molecular weight is 408 g/mol. The van der Waals surface area contributed by atoms with E-state index < -0.39 is 5.54 Å². The molecule has 158 valence electrons. The van der Waals surface area contributed by atoms with Crippen LogP contribution in [-0.2, 0) is 26.3 Å². The van der Waals surface area contributed by atoms with Crippen molar-refractivity contribution in [2.75, 3.05) is 33.9 Å². The second kappa shape index (κ2) is 8.48. The van der Waals surface area contributed by atoms with Crippen LogP contribution >= 0.6 is 0 Å². The lowest BCUT2D eigenvalue weighted by Gasteiger charge is -2.54. The van der Waals surface area contributed by atoms with Gasteiger partial charge in [-0.2, -0.15) is 0 Å². The molecular formula is C24H28N2O4. The molecule has 0 aromatic heterocycles. The lowest BCUT2D eigenvalue weighted by atomic mass is 9.76. The molecule has 30 heavy (non-hydrogen) atoms. The summed E-state index contributed by atoms with van der Waals surface area (Å²) in [6, 6.07) is 17.9. The lowest BCUT2D eigenvalue weighted by Crippen LogP contribution is -2.67. The van der Waals surface area contributed by atoms with Crippen LogP contribution in [0.2, 0.25) is 0 Å². The van der Waals surface area contributed by atoms with Crippen molar-refractivity contribution in [2.24, 2.45) is 0 Å². The van der Waals surface area contributed by atoms with E-state index in [1.165, 1.54) is 0 Å². The SMILES string of the molecule is COc1ccc(CCC(=O)N2CC[C@]3(c4ccccc4)[C@@H](C2)OCC(=O)N3C)cc1. The van der Waals surface area contributed by atoms with E-state index in [2.05, 4.69) is 0 Å². The quantitative estimate of drug-likeness (QED) is 0.763. The van der Waals surface area contributed by atoms with Crippen LogP contribution in [0, 0.1) is 0 Å². The van der Waals surface area contributed by atoms with Gasteiger partial charge >= 0.3 is 0 Å². The number of likely N-dealkylation sites (N-methyl/N-ethyl adjacent to an activating group) is 1. The number of carbonyl (C=O) groups excluding carboxylic acids is 2. The van der Waals surface area contributed by atoms with Gasteiger partial charge in [-0.05, 0) is 36.1 Å². The Morgan fingerprint density at radius 2 is 1.90 bits per heavy atom. The third kappa shape index (κ3) is 3.67. The highest BCUT2D eigenvalue weighted by Crippen LogP contribution is 2.42. The zero-order valence-electron chi connectivity index (χ0n) is 17.5. The van der Waals surface area contributed by atoms with Gasteiger partial charge in [0.2, 0.25) is 11.8 Å². The highest BCUT2D eigenvalue weighted by molar-refractivity contribution is 5.80. The van der Waals surface area contributed by atoms with Gasteiger partial charge in [0.25, 0.3) is 0 Å². The molecule has 6 heteroatoms. The van der Waals surface area contributed by atoms with Crippen molar-refractivity contribution in [3.8, 4) is 5.75 Å². The predicted octanol–water partition coefficient (Wildman–Crippen LogP) is 2.61. The summed E-state index contributed by atoms with van der Waals surface area (Å²) in [6.07, 6.45) is 1.57. The number of hydrogen-bond donors (Lipinski definition) is 0. The van der Waals surface area contributed by atoms with Gasteiger partial charge in [-0.1, -0.05) is 42.5 Å². The standard InChI is InChI=1S/C24H28N2O4/c1-25-23(28)17-30-21-16-26(15-14-24(21,25)19-6-4-3-5-7-19)22(27)13-10-18-8-11-20(29-2)12-9-18/h3-9,11-12,21H,10,13-17H2,1-2H3/t21-,24+/m1/s1. The predicted molar refractivity (Wildman–Crippen MR) is 113 cm³/mol. The Morgan fingerprint density at radius 3 is 2.60 bits per heavy atom. The zero-order valence-corrected chi connectivity index (χ0v) is 17.5. The Kier molecular flexibility index (Phi) is 5.77.